The van der Waals surface area contributed by atoms with Gasteiger partial charge in [-0.2, -0.15) is 0 Å². The van der Waals surface area contributed by atoms with Crippen molar-refractivity contribution in [3.05, 3.63) is 36.7 Å². The molecule has 3 aliphatic heterocycles. The number of fused-ring (bicyclic) bond motifs is 2. The van der Waals surface area contributed by atoms with Gasteiger partial charge in [0.1, 0.15) is 41.5 Å². The van der Waals surface area contributed by atoms with Crippen LogP contribution in [0.2, 0.25) is 0 Å². The monoisotopic (exact) mass is 548 g/mol. The Morgan fingerprint density at radius 3 is 2.92 bits per heavy atom. The Hall–Kier alpha value is -2.71. The van der Waals surface area contributed by atoms with Crippen LogP contribution < -0.4 is 10.5 Å². The molecule has 2 N–H and O–H groups in total. The lowest BCUT2D eigenvalue weighted by Crippen LogP contribution is -2.42. The van der Waals surface area contributed by atoms with Crippen LogP contribution in [0.15, 0.2) is 31.1 Å². The number of nitrogen functional groups attached to an aromatic ring is 1. The minimum atomic E-state index is -3.94. The molecule has 3 aromatic heterocycles. The molecule has 6 atom stereocenters. The maximum Gasteiger partial charge on any atom is 0.475 e. The molecule has 0 aromatic carbocycles. The second-order valence-electron chi connectivity index (χ2n) is 9.91. The van der Waals surface area contributed by atoms with Gasteiger partial charge in [-0.1, -0.05) is 0 Å². The number of pyridine rings is 1. The van der Waals surface area contributed by atoms with E-state index in [0.29, 0.717) is 28.9 Å². The highest BCUT2D eigenvalue weighted by atomic mass is 31.2. The van der Waals surface area contributed by atoms with Gasteiger partial charge in [0, 0.05) is 18.2 Å². The van der Waals surface area contributed by atoms with E-state index in [1.807, 2.05) is 20.8 Å². The van der Waals surface area contributed by atoms with E-state index in [4.69, 9.17) is 38.3 Å². The summed E-state index contributed by atoms with van der Waals surface area (Å²) < 4.78 is 56.7. The predicted octanol–water partition coefficient (Wildman–Crippen LogP) is 2.92. The molecule has 15 heteroatoms. The molecular weight excluding hydrogens is 519 g/mol. The van der Waals surface area contributed by atoms with E-state index in [1.54, 1.807) is 29.4 Å². The Bertz CT molecular complexity index is 1400. The molecule has 3 saturated heterocycles. The molecule has 14 nitrogen and oxygen atoms in total. The average Bonchev–Trinajstić information content (AvgIpc) is 3.50. The fourth-order valence-electron chi connectivity index (χ4n) is 5.34. The topological polar surface area (TPSA) is 164 Å². The van der Waals surface area contributed by atoms with Gasteiger partial charge < -0.3 is 24.7 Å². The molecule has 0 saturated carbocycles. The zero-order valence-corrected chi connectivity index (χ0v) is 22.2. The minimum absolute atomic E-state index is 0.141. The number of rotatable bonds is 6. The molecule has 3 aliphatic rings. The van der Waals surface area contributed by atoms with Gasteiger partial charge in [-0.3, -0.25) is 23.1 Å². The lowest BCUT2D eigenvalue weighted by atomic mass is 9.96. The highest BCUT2D eigenvalue weighted by Crippen LogP contribution is 2.59. The van der Waals surface area contributed by atoms with Crippen LogP contribution in [0.3, 0.4) is 0 Å². The number of phosphoric acid groups is 1. The van der Waals surface area contributed by atoms with Gasteiger partial charge in [0.15, 0.2) is 23.5 Å². The molecule has 3 aromatic rings. The number of phosphoric ester groups is 1. The molecule has 6 rings (SSSR count). The third kappa shape index (κ3) is 4.26. The van der Waals surface area contributed by atoms with Crippen LogP contribution in [0.4, 0.5) is 5.82 Å². The summed E-state index contributed by atoms with van der Waals surface area (Å²) in [6.45, 7) is 5.56. The second kappa shape index (κ2) is 9.19. The van der Waals surface area contributed by atoms with Crippen molar-refractivity contribution in [1.82, 2.24) is 24.5 Å². The third-order valence-corrected chi connectivity index (χ3v) is 8.36. The largest absolute Gasteiger partial charge is 0.495 e. The van der Waals surface area contributed by atoms with Crippen LogP contribution in [0.25, 0.3) is 11.2 Å². The molecule has 0 radical (unpaired) electrons. The summed E-state index contributed by atoms with van der Waals surface area (Å²) >= 11 is 0. The Morgan fingerprint density at radius 2 is 2.11 bits per heavy atom. The molecule has 38 heavy (non-hydrogen) atoms. The number of anilines is 1. The summed E-state index contributed by atoms with van der Waals surface area (Å²) in [5.74, 6) is -0.128. The molecule has 2 unspecified atom stereocenters. The number of methoxy groups -OCH3 is 1. The normalized spacial score (nSPS) is 34.4. The van der Waals surface area contributed by atoms with Crippen molar-refractivity contribution in [2.24, 2.45) is 0 Å². The van der Waals surface area contributed by atoms with Crippen molar-refractivity contribution in [3.8, 4) is 5.75 Å². The van der Waals surface area contributed by atoms with Gasteiger partial charge in [0.25, 0.3) is 0 Å². The maximum absolute atomic E-state index is 13.5. The van der Waals surface area contributed by atoms with Gasteiger partial charge in [0.05, 0.1) is 32.8 Å². The van der Waals surface area contributed by atoms with E-state index >= 15 is 0 Å². The van der Waals surface area contributed by atoms with Crippen LogP contribution in [0.5, 0.6) is 5.75 Å². The van der Waals surface area contributed by atoms with Crippen LogP contribution in [0, 0.1) is 0 Å². The standard InChI is InChI=1S/C23H29N6O8P/c1-22(2)35-18-16(10-33-38(30)32-8-6-14(36-38)13-5-7-25-9-15(13)31-4)34-21(23(18,3)37-22)29-12-28-17-19(24)26-11-27-20(17)29/h5,7,9,11-12,14,16,18,21H,6,8,10H2,1-4H3,(H2,24,26,27)/t14?,16-,18-,21-,23-,38?/m1/s1. The van der Waals surface area contributed by atoms with Gasteiger partial charge in [0.2, 0.25) is 0 Å². The SMILES string of the molecule is COc1cnccc1C1CCOP(=O)(OC[C@H]2O[C@@H](n3cnc4c(N)ncnc43)[C@]3(C)OC(C)(C)O[C@H]23)O1. The van der Waals surface area contributed by atoms with Gasteiger partial charge in [-0.15, -0.1) is 0 Å². The lowest BCUT2D eigenvalue weighted by molar-refractivity contribution is -0.217. The Labute approximate surface area is 218 Å². The van der Waals surface area contributed by atoms with Crippen molar-refractivity contribution >= 4 is 24.8 Å². The first-order valence-corrected chi connectivity index (χ1v) is 13.6. The highest BCUT2D eigenvalue weighted by molar-refractivity contribution is 7.48. The Morgan fingerprint density at radius 1 is 1.26 bits per heavy atom. The lowest BCUT2D eigenvalue weighted by Gasteiger charge is -2.31. The molecule has 0 bridgehead atoms. The molecule has 6 heterocycles. The summed E-state index contributed by atoms with van der Waals surface area (Å²) in [7, 11) is -2.41. The van der Waals surface area contributed by atoms with Crippen molar-refractivity contribution < 1.29 is 37.1 Å². The van der Waals surface area contributed by atoms with E-state index in [-0.39, 0.29) is 19.0 Å². The predicted molar refractivity (Wildman–Crippen MR) is 131 cm³/mol. The van der Waals surface area contributed by atoms with Crippen molar-refractivity contribution in [2.75, 3.05) is 26.1 Å². The van der Waals surface area contributed by atoms with Crippen molar-refractivity contribution in [1.29, 1.82) is 0 Å². The Kier molecular flexibility index (Phi) is 6.18. The molecule has 0 aliphatic carbocycles. The molecule has 3 fully saturated rings. The number of aromatic nitrogens is 5. The molecule has 0 amide bonds. The van der Waals surface area contributed by atoms with E-state index in [2.05, 4.69) is 19.9 Å². The van der Waals surface area contributed by atoms with Crippen LogP contribution in [-0.2, 0) is 32.3 Å². The number of hydrogen-bond acceptors (Lipinski definition) is 13. The zero-order chi connectivity index (χ0) is 26.7. The van der Waals surface area contributed by atoms with E-state index in [1.165, 1.54) is 13.4 Å². The summed E-state index contributed by atoms with van der Waals surface area (Å²) in [6.07, 6.45) is 4.08. The van der Waals surface area contributed by atoms with Crippen molar-refractivity contribution in [2.45, 2.75) is 63.1 Å². The summed E-state index contributed by atoms with van der Waals surface area (Å²) in [6, 6.07) is 1.76. The smallest absolute Gasteiger partial charge is 0.475 e. The number of hydrogen-bond donors (Lipinski definition) is 1. The molecule has 204 valence electrons. The second-order valence-corrected chi connectivity index (χ2v) is 11.5. The van der Waals surface area contributed by atoms with Crippen LogP contribution in [-0.4, -0.2) is 68.4 Å². The number of nitrogens with two attached hydrogens (primary N) is 1. The van der Waals surface area contributed by atoms with Gasteiger partial charge >= 0.3 is 7.82 Å². The summed E-state index contributed by atoms with van der Waals surface area (Å²) in [4.78, 5) is 16.8. The average molecular weight is 548 g/mol. The number of nitrogens with zero attached hydrogens (tertiary/aromatic N) is 5. The van der Waals surface area contributed by atoms with E-state index in [0.717, 1.165) is 0 Å². The third-order valence-electron chi connectivity index (χ3n) is 6.88. The fraction of sp³-hybridized carbons (Fsp3) is 0.565. The zero-order valence-electron chi connectivity index (χ0n) is 21.3. The van der Waals surface area contributed by atoms with Crippen LogP contribution >= 0.6 is 7.82 Å². The van der Waals surface area contributed by atoms with Crippen LogP contribution in [0.1, 0.15) is 45.1 Å². The summed E-state index contributed by atoms with van der Waals surface area (Å²) in [5.41, 5.74) is 6.66. The Balaban J connectivity index is 1.24. The molecule has 0 spiro atoms. The van der Waals surface area contributed by atoms with E-state index in [9.17, 15) is 4.57 Å². The van der Waals surface area contributed by atoms with Gasteiger partial charge in [-0.05, 0) is 26.8 Å². The minimum Gasteiger partial charge on any atom is -0.495 e. The first-order valence-electron chi connectivity index (χ1n) is 12.1. The first kappa shape index (κ1) is 25.6. The number of ether oxygens (including phenoxy) is 4. The maximum atomic E-state index is 13.5. The first-order chi connectivity index (χ1) is 18.1. The van der Waals surface area contributed by atoms with Gasteiger partial charge in [-0.25, -0.2) is 19.5 Å². The van der Waals surface area contributed by atoms with Crippen molar-refractivity contribution in [3.63, 3.8) is 0 Å². The summed E-state index contributed by atoms with van der Waals surface area (Å²) in [5, 5.41) is 0. The quantitative estimate of drug-likeness (QED) is 0.448. The molecular formula is C23H29N6O8P. The number of imidazole rings is 1. The fourth-order valence-corrected chi connectivity index (χ4v) is 6.72. The van der Waals surface area contributed by atoms with E-state index < -0.39 is 43.8 Å². The highest BCUT2D eigenvalue weighted by Gasteiger charge is 2.64.